The van der Waals surface area contributed by atoms with Crippen molar-refractivity contribution in [3.8, 4) is 5.75 Å². The van der Waals surface area contributed by atoms with Crippen LogP contribution in [-0.2, 0) is 13.6 Å². The number of fused-ring (bicyclic) bond motifs is 1. The molecule has 1 heterocycles. The number of nitrogens with zero attached hydrogens (tertiary/aromatic N) is 2. The van der Waals surface area contributed by atoms with Gasteiger partial charge >= 0.3 is 0 Å². The summed E-state index contributed by atoms with van der Waals surface area (Å²) in [5.41, 5.74) is 3.51. The average Bonchev–Trinajstić information content (AvgIpc) is 3.10. The van der Waals surface area contributed by atoms with Crippen LogP contribution in [0.5, 0.6) is 5.75 Å². The first-order valence-corrected chi connectivity index (χ1v) is 11.4. The topological polar surface area (TPSA) is 29.4 Å². The molecule has 2 aromatic carbocycles. The van der Waals surface area contributed by atoms with Gasteiger partial charge in [-0.3, -0.25) is 0 Å². The summed E-state index contributed by atoms with van der Waals surface area (Å²) < 4.78 is 8.01. The highest BCUT2D eigenvalue weighted by atomic mass is 32.1. The van der Waals surface area contributed by atoms with Crippen LogP contribution in [0.15, 0.2) is 54.7 Å². The summed E-state index contributed by atoms with van der Waals surface area (Å²) >= 11 is 5.96. The number of hydrogen-bond donors (Lipinski definition) is 1. The highest BCUT2D eigenvalue weighted by Crippen LogP contribution is 2.29. The van der Waals surface area contributed by atoms with E-state index in [2.05, 4.69) is 52.3 Å². The van der Waals surface area contributed by atoms with Crippen LogP contribution < -0.4 is 10.1 Å². The Morgan fingerprint density at radius 2 is 1.83 bits per heavy atom. The van der Waals surface area contributed by atoms with Crippen LogP contribution in [0.2, 0.25) is 0 Å². The molecule has 0 unspecified atom stereocenters. The highest BCUT2D eigenvalue weighted by Gasteiger charge is 2.25. The number of para-hydroxylation sites is 3. The lowest BCUT2D eigenvalue weighted by molar-refractivity contribution is 0.241. The number of nitrogens with one attached hydrogen (secondary N) is 1. The molecule has 0 aliphatic heterocycles. The lowest BCUT2D eigenvalue weighted by Crippen LogP contribution is -2.43. The van der Waals surface area contributed by atoms with E-state index in [1.54, 1.807) is 0 Å². The summed E-state index contributed by atoms with van der Waals surface area (Å²) in [5.74, 6) is 0.844. The Balaban J connectivity index is 1.62. The molecule has 1 fully saturated rings. The molecule has 0 bridgehead atoms. The maximum Gasteiger partial charge on any atom is 0.174 e. The molecule has 4 nitrogen and oxygen atoms in total. The molecule has 0 amide bonds. The summed E-state index contributed by atoms with van der Waals surface area (Å²) in [6, 6.07) is 17.1. The van der Waals surface area contributed by atoms with Crippen LogP contribution in [0.4, 0.5) is 5.69 Å². The Hall–Kier alpha value is -2.53. The highest BCUT2D eigenvalue weighted by molar-refractivity contribution is 7.80. The molecular formula is C25H31N3OS. The molecule has 30 heavy (non-hydrogen) atoms. The second-order valence-corrected chi connectivity index (χ2v) is 8.45. The number of aromatic nitrogens is 1. The maximum absolute atomic E-state index is 5.96. The minimum Gasteiger partial charge on any atom is -0.492 e. The van der Waals surface area contributed by atoms with E-state index in [0.29, 0.717) is 12.6 Å². The van der Waals surface area contributed by atoms with Gasteiger partial charge in [-0.15, -0.1) is 0 Å². The van der Waals surface area contributed by atoms with Gasteiger partial charge in [0.15, 0.2) is 5.11 Å². The van der Waals surface area contributed by atoms with Crippen LogP contribution in [-0.4, -0.2) is 27.2 Å². The zero-order valence-electron chi connectivity index (χ0n) is 17.9. The predicted molar refractivity (Wildman–Crippen MR) is 129 cm³/mol. The Kier molecular flexibility index (Phi) is 6.58. The summed E-state index contributed by atoms with van der Waals surface area (Å²) in [4.78, 5) is 2.40. The van der Waals surface area contributed by atoms with E-state index in [9.17, 15) is 0 Å². The lowest BCUT2D eigenvalue weighted by Gasteiger charge is -2.36. The third kappa shape index (κ3) is 4.46. The summed E-state index contributed by atoms with van der Waals surface area (Å²) in [6.07, 6.45) is 8.51. The molecule has 1 aliphatic rings. The van der Waals surface area contributed by atoms with Gasteiger partial charge in [0.05, 0.1) is 12.3 Å². The van der Waals surface area contributed by atoms with Crippen molar-refractivity contribution in [2.24, 2.45) is 7.05 Å². The monoisotopic (exact) mass is 421 g/mol. The van der Waals surface area contributed by atoms with E-state index in [1.165, 1.54) is 48.6 Å². The van der Waals surface area contributed by atoms with Crippen molar-refractivity contribution in [1.82, 2.24) is 9.47 Å². The van der Waals surface area contributed by atoms with Crippen molar-refractivity contribution in [1.29, 1.82) is 0 Å². The quantitative estimate of drug-likeness (QED) is 0.486. The predicted octanol–water partition coefficient (Wildman–Crippen LogP) is 6.11. The molecule has 3 aromatic rings. The second kappa shape index (κ2) is 9.52. The molecule has 0 radical (unpaired) electrons. The summed E-state index contributed by atoms with van der Waals surface area (Å²) in [7, 11) is 2.12. The molecule has 1 saturated carbocycles. The molecule has 0 atom stereocenters. The van der Waals surface area contributed by atoms with Gasteiger partial charge in [0.25, 0.3) is 0 Å². The van der Waals surface area contributed by atoms with E-state index >= 15 is 0 Å². The van der Waals surface area contributed by atoms with Gasteiger partial charge in [-0.1, -0.05) is 49.6 Å². The van der Waals surface area contributed by atoms with Gasteiger partial charge in [-0.2, -0.15) is 0 Å². The van der Waals surface area contributed by atoms with Crippen molar-refractivity contribution < 1.29 is 4.74 Å². The normalized spacial score (nSPS) is 14.6. The first kappa shape index (κ1) is 20.7. The van der Waals surface area contributed by atoms with Gasteiger partial charge in [-0.05, 0) is 55.7 Å². The Bertz CT molecular complexity index is 1010. The number of hydrogen-bond acceptors (Lipinski definition) is 2. The number of aryl methyl sites for hydroxylation is 1. The fourth-order valence-electron chi connectivity index (χ4n) is 4.53. The summed E-state index contributed by atoms with van der Waals surface area (Å²) in [6.45, 7) is 3.45. The van der Waals surface area contributed by atoms with Crippen LogP contribution >= 0.6 is 12.2 Å². The van der Waals surface area contributed by atoms with E-state index in [-0.39, 0.29) is 0 Å². The Morgan fingerprint density at radius 1 is 1.10 bits per heavy atom. The van der Waals surface area contributed by atoms with E-state index in [0.717, 1.165) is 23.1 Å². The first-order valence-electron chi connectivity index (χ1n) is 11.0. The zero-order chi connectivity index (χ0) is 20.9. The minimum atomic E-state index is 0.469. The van der Waals surface area contributed by atoms with Gasteiger partial charge in [0.2, 0.25) is 0 Å². The van der Waals surface area contributed by atoms with Crippen molar-refractivity contribution in [3.63, 3.8) is 0 Å². The van der Waals surface area contributed by atoms with Gasteiger partial charge in [0.1, 0.15) is 5.75 Å². The molecule has 1 aromatic heterocycles. The maximum atomic E-state index is 5.96. The fourth-order valence-corrected chi connectivity index (χ4v) is 4.86. The van der Waals surface area contributed by atoms with Crippen molar-refractivity contribution >= 4 is 33.9 Å². The minimum absolute atomic E-state index is 0.469. The van der Waals surface area contributed by atoms with E-state index < -0.39 is 0 Å². The molecule has 0 spiro atoms. The zero-order valence-corrected chi connectivity index (χ0v) is 18.8. The Morgan fingerprint density at radius 3 is 2.63 bits per heavy atom. The molecule has 1 aliphatic carbocycles. The second-order valence-electron chi connectivity index (χ2n) is 8.06. The van der Waals surface area contributed by atoms with Crippen molar-refractivity contribution in [3.05, 3.63) is 60.3 Å². The first-order chi connectivity index (χ1) is 14.7. The van der Waals surface area contributed by atoms with Gasteiger partial charge in [0, 0.05) is 36.7 Å². The third-order valence-corrected chi connectivity index (χ3v) is 6.36. The number of thiocarbonyl (C=S) groups is 1. The number of rotatable bonds is 6. The number of benzene rings is 2. The molecule has 4 rings (SSSR count). The van der Waals surface area contributed by atoms with Crippen LogP contribution in [0.3, 0.4) is 0 Å². The molecule has 0 saturated heterocycles. The fraction of sp³-hybridized carbons (Fsp3) is 0.400. The van der Waals surface area contributed by atoms with E-state index in [4.69, 9.17) is 17.0 Å². The number of ether oxygens (including phenoxy) is 1. The van der Waals surface area contributed by atoms with Gasteiger partial charge in [-0.25, -0.2) is 0 Å². The Labute approximate surface area is 184 Å². The molecular weight excluding hydrogens is 390 g/mol. The van der Waals surface area contributed by atoms with Crippen LogP contribution in [0.25, 0.3) is 10.9 Å². The standard InChI is InChI=1S/C25H31N3OS/c1-3-29-24-16-10-8-14-22(24)26-25(30)28(20-11-5-4-6-12-20)18-19-17-27(2)23-15-9-7-13-21(19)23/h7-10,13-17,20H,3-6,11-12,18H2,1-2H3,(H,26,30). The van der Waals surface area contributed by atoms with Crippen molar-refractivity contribution in [2.45, 2.75) is 51.6 Å². The third-order valence-electron chi connectivity index (χ3n) is 6.02. The molecule has 158 valence electrons. The average molecular weight is 422 g/mol. The van der Waals surface area contributed by atoms with Crippen molar-refractivity contribution in [2.75, 3.05) is 11.9 Å². The lowest BCUT2D eigenvalue weighted by atomic mass is 9.94. The van der Waals surface area contributed by atoms with Crippen LogP contribution in [0.1, 0.15) is 44.6 Å². The van der Waals surface area contributed by atoms with E-state index in [1.807, 2.05) is 31.2 Å². The SMILES string of the molecule is CCOc1ccccc1NC(=S)N(Cc1cn(C)c2ccccc12)C1CCCCC1. The largest absolute Gasteiger partial charge is 0.492 e. The van der Waals surface area contributed by atoms with Crippen LogP contribution in [0, 0.1) is 0 Å². The molecule has 5 heteroatoms. The molecule has 1 N–H and O–H groups in total. The summed E-state index contributed by atoms with van der Waals surface area (Å²) in [5, 5.41) is 5.58. The smallest absolute Gasteiger partial charge is 0.174 e. The number of anilines is 1. The van der Waals surface area contributed by atoms with Gasteiger partial charge < -0.3 is 19.5 Å².